The fourth-order valence-electron chi connectivity index (χ4n) is 8.15. The monoisotopic (exact) mass is 976 g/mol. The zero-order valence-corrected chi connectivity index (χ0v) is 46.2. The third kappa shape index (κ3) is 52.0. The maximum atomic E-state index is 12.9. The van der Waals surface area contributed by atoms with Crippen LogP contribution in [0.1, 0.15) is 258 Å². The molecule has 0 aliphatic rings. The lowest BCUT2D eigenvalue weighted by Crippen LogP contribution is -2.45. The summed E-state index contributed by atoms with van der Waals surface area (Å²) in [5.74, 6) is -0.206. The van der Waals surface area contributed by atoms with Crippen molar-refractivity contribution in [2.45, 2.75) is 270 Å². The van der Waals surface area contributed by atoms with Gasteiger partial charge in [-0.25, -0.2) is 4.57 Å². The van der Waals surface area contributed by atoms with Crippen molar-refractivity contribution in [1.82, 2.24) is 5.32 Å². The van der Waals surface area contributed by atoms with E-state index in [1.54, 1.807) is 6.08 Å². The van der Waals surface area contributed by atoms with Crippen LogP contribution in [0.25, 0.3) is 0 Å². The Hall–Kier alpha value is -1.80. The van der Waals surface area contributed by atoms with Crippen molar-refractivity contribution in [2.24, 2.45) is 0 Å². The molecule has 398 valence electrons. The molecule has 1 amide bonds. The van der Waals surface area contributed by atoms with E-state index in [-0.39, 0.29) is 19.1 Å². The van der Waals surface area contributed by atoms with Gasteiger partial charge in [-0.15, -0.1) is 0 Å². The third-order valence-electron chi connectivity index (χ3n) is 12.7. The first-order valence-corrected chi connectivity index (χ1v) is 30.2. The molecule has 0 heterocycles. The molecule has 0 aliphatic heterocycles. The summed E-state index contributed by atoms with van der Waals surface area (Å²) < 4.78 is 23.6. The van der Waals surface area contributed by atoms with Crippen molar-refractivity contribution in [2.75, 3.05) is 40.9 Å². The number of quaternary nitrogens is 1. The van der Waals surface area contributed by atoms with Crippen molar-refractivity contribution in [3.8, 4) is 0 Å². The minimum absolute atomic E-state index is 0.0486. The number of aliphatic hydroxyl groups excluding tert-OH is 1. The van der Waals surface area contributed by atoms with Gasteiger partial charge in [0.15, 0.2) is 0 Å². The summed E-state index contributed by atoms with van der Waals surface area (Å²) in [4.78, 5) is 23.2. The Balaban J connectivity index is 4.18. The van der Waals surface area contributed by atoms with Gasteiger partial charge in [0, 0.05) is 6.42 Å². The lowest BCUT2D eigenvalue weighted by Gasteiger charge is -2.25. The van der Waals surface area contributed by atoms with Gasteiger partial charge in [0.05, 0.1) is 39.9 Å². The average Bonchev–Trinajstić information content (AvgIpc) is 3.30. The number of carbonyl (C=O) groups is 1. The highest BCUT2D eigenvalue weighted by molar-refractivity contribution is 7.47. The summed E-state index contributed by atoms with van der Waals surface area (Å²) in [6.07, 6.45) is 67.8. The van der Waals surface area contributed by atoms with Crippen molar-refractivity contribution in [3.05, 3.63) is 60.8 Å². The van der Waals surface area contributed by atoms with E-state index in [4.69, 9.17) is 9.05 Å². The van der Waals surface area contributed by atoms with Crippen molar-refractivity contribution < 1.29 is 32.9 Å². The molecule has 9 heteroatoms. The lowest BCUT2D eigenvalue weighted by atomic mass is 10.0. The lowest BCUT2D eigenvalue weighted by molar-refractivity contribution is -0.870. The minimum Gasteiger partial charge on any atom is -0.387 e. The van der Waals surface area contributed by atoms with E-state index in [1.807, 2.05) is 27.2 Å². The van der Waals surface area contributed by atoms with Crippen LogP contribution < -0.4 is 5.32 Å². The average molecular weight is 977 g/mol. The van der Waals surface area contributed by atoms with Crippen LogP contribution in [0, 0.1) is 0 Å². The summed E-state index contributed by atoms with van der Waals surface area (Å²) >= 11 is 0. The molecule has 3 atom stereocenters. The summed E-state index contributed by atoms with van der Waals surface area (Å²) in [6, 6.07) is -0.879. The first kappa shape index (κ1) is 66.2. The van der Waals surface area contributed by atoms with Crippen LogP contribution in [0.4, 0.5) is 0 Å². The van der Waals surface area contributed by atoms with E-state index in [1.165, 1.54) is 167 Å². The molecular weight excluding hydrogens is 864 g/mol. The Morgan fingerprint density at radius 2 is 0.868 bits per heavy atom. The number of phosphoric ester groups is 1. The van der Waals surface area contributed by atoms with Gasteiger partial charge in [-0.2, -0.15) is 0 Å². The predicted octanol–water partition coefficient (Wildman–Crippen LogP) is 17.3. The van der Waals surface area contributed by atoms with Gasteiger partial charge in [0.1, 0.15) is 13.2 Å². The van der Waals surface area contributed by atoms with Crippen LogP contribution >= 0.6 is 7.82 Å². The second-order valence-corrected chi connectivity index (χ2v) is 22.1. The summed E-state index contributed by atoms with van der Waals surface area (Å²) in [7, 11) is 1.53. The summed E-state index contributed by atoms with van der Waals surface area (Å²) in [6.45, 7) is 4.74. The second-order valence-electron chi connectivity index (χ2n) is 20.6. The van der Waals surface area contributed by atoms with Gasteiger partial charge in [0.25, 0.3) is 0 Å². The molecule has 0 saturated carbocycles. The third-order valence-corrected chi connectivity index (χ3v) is 13.7. The SMILES string of the molecule is CCCC/C=C\C/C=C\CCCCCCCC(=O)NC(COP(=O)(O)OCC[N+](C)(C)C)C(O)/C=C/CC/C=C/CC/C=C/CCCCCCCCCCCCCCCCCCCCCCCC. The fraction of sp³-hybridized carbons (Fsp3) is 0.814. The number of aliphatic hydroxyl groups is 1. The van der Waals surface area contributed by atoms with E-state index >= 15 is 0 Å². The van der Waals surface area contributed by atoms with E-state index < -0.39 is 20.0 Å². The van der Waals surface area contributed by atoms with Gasteiger partial charge in [0.2, 0.25) is 5.91 Å². The summed E-state index contributed by atoms with van der Waals surface area (Å²) in [5, 5.41) is 13.9. The van der Waals surface area contributed by atoms with Crippen LogP contribution in [0.15, 0.2) is 60.8 Å². The number of allylic oxidation sites excluding steroid dienone is 9. The Kier molecular flexibility index (Phi) is 48.8. The molecule has 0 radical (unpaired) electrons. The molecule has 0 aromatic carbocycles. The molecule has 0 aromatic heterocycles. The highest BCUT2D eigenvalue weighted by Crippen LogP contribution is 2.43. The molecule has 0 fully saturated rings. The maximum Gasteiger partial charge on any atom is 0.472 e. The number of hydrogen-bond acceptors (Lipinski definition) is 5. The van der Waals surface area contributed by atoms with Gasteiger partial charge in [-0.3, -0.25) is 13.8 Å². The molecule has 0 bridgehead atoms. The van der Waals surface area contributed by atoms with Crippen LogP contribution in [0.5, 0.6) is 0 Å². The maximum absolute atomic E-state index is 12.9. The Morgan fingerprint density at radius 3 is 1.31 bits per heavy atom. The number of amides is 1. The molecule has 0 saturated heterocycles. The highest BCUT2D eigenvalue weighted by Gasteiger charge is 2.27. The molecular formula is C59H112N2O6P+. The van der Waals surface area contributed by atoms with Gasteiger partial charge in [-0.05, 0) is 70.6 Å². The normalized spacial score (nSPS) is 14.4. The zero-order valence-electron chi connectivity index (χ0n) is 45.3. The summed E-state index contributed by atoms with van der Waals surface area (Å²) in [5.41, 5.74) is 0. The first-order valence-electron chi connectivity index (χ1n) is 28.7. The number of phosphoric acid groups is 1. The molecule has 0 aliphatic carbocycles. The van der Waals surface area contributed by atoms with Crippen LogP contribution in [-0.4, -0.2) is 73.4 Å². The van der Waals surface area contributed by atoms with Gasteiger partial charge < -0.3 is 19.8 Å². The Bertz CT molecular complexity index is 1290. The van der Waals surface area contributed by atoms with Crippen LogP contribution in [-0.2, 0) is 18.4 Å². The number of rotatable bonds is 52. The predicted molar refractivity (Wildman–Crippen MR) is 295 cm³/mol. The van der Waals surface area contributed by atoms with Crippen molar-refractivity contribution in [3.63, 3.8) is 0 Å². The quantitative estimate of drug-likeness (QED) is 0.0243. The Morgan fingerprint density at radius 1 is 0.500 bits per heavy atom. The van der Waals surface area contributed by atoms with Gasteiger partial charge >= 0.3 is 7.82 Å². The van der Waals surface area contributed by atoms with E-state index in [0.29, 0.717) is 17.4 Å². The zero-order chi connectivity index (χ0) is 49.9. The van der Waals surface area contributed by atoms with Crippen LogP contribution in [0.2, 0.25) is 0 Å². The molecule has 0 aromatic rings. The van der Waals surface area contributed by atoms with Crippen LogP contribution in [0.3, 0.4) is 0 Å². The van der Waals surface area contributed by atoms with E-state index in [2.05, 4.69) is 67.8 Å². The van der Waals surface area contributed by atoms with E-state index in [0.717, 1.165) is 70.6 Å². The number of unbranched alkanes of at least 4 members (excludes halogenated alkanes) is 31. The number of likely N-dealkylation sites (N-methyl/N-ethyl adjacent to an activating group) is 1. The molecule has 3 unspecified atom stereocenters. The fourth-order valence-corrected chi connectivity index (χ4v) is 8.89. The number of hydrogen-bond donors (Lipinski definition) is 3. The standard InChI is InChI=1S/C59H111N2O6P/c1-6-8-10-12-14-16-18-20-22-23-24-25-26-27-28-29-30-31-32-33-34-35-36-37-38-39-40-42-44-46-48-50-52-58(62)57(56-67-68(64,65)66-55-54-61(3,4)5)60-59(63)53-51-49-47-45-43-41-21-19-17-15-13-11-9-7-2/h13,15,19,21,37-38,42,44,50,52,57-58,62H,6-12,14,16-18,20,22-36,39-41,43,45-49,51,53-56H2,1-5H3,(H-,60,63,64,65)/p+1/b15-13-,21-19-,38-37+,44-42+,52-50+. The largest absolute Gasteiger partial charge is 0.472 e. The molecule has 68 heavy (non-hydrogen) atoms. The van der Waals surface area contributed by atoms with Gasteiger partial charge in [-0.1, -0.05) is 242 Å². The van der Waals surface area contributed by atoms with Crippen molar-refractivity contribution >= 4 is 13.7 Å². The molecule has 8 nitrogen and oxygen atoms in total. The Labute approximate surface area is 422 Å². The molecule has 0 rings (SSSR count). The smallest absolute Gasteiger partial charge is 0.387 e. The van der Waals surface area contributed by atoms with Crippen molar-refractivity contribution in [1.29, 1.82) is 0 Å². The molecule has 0 spiro atoms. The highest BCUT2D eigenvalue weighted by atomic mass is 31.2. The topological polar surface area (TPSA) is 105 Å². The number of nitrogens with zero attached hydrogens (tertiary/aromatic N) is 1. The number of carbonyl (C=O) groups excluding carboxylic acids is 1. The second kappa shape index (κ2) is 50.2. The molecule has 3 N–H and O–H groups in total. The number of nitrogens with one attached hydrogen (secondary N) is 1. The first-order chi connectivity index (χ1) is 33.0. The minimum atomic E-state index is -4.36. The van der Waals surface area contributed by atoms with E-state index in [9.17, 15) is 19.4 Å².